The first kappa shape index (κ1) is 21.1. The zero-order valence-corrected chi connectivity index (χ0v) is 18.6. The lowest BCUT2D eigenvalue weighted by Gasteiger charge is -2.30. The number of thiazole rings is 1. The van der Waals surface area contributed by atoms with Crippen molar-refractivity contribution in [3.8, 4) is 5.75 Å². The first-order chi connectivity index (χ1) is 14.6. The number of ether oxygens (including phenoxy) is 1. The average molecular weight is 444 g/mol. The first-order valence-electron chi connectivity index (χ1n) is 10.4. The number of amides is 1. The maximum atomic E-state index is 12.3. The quantitative estimate of drug-likeness (QED) is 0.517. The van der Waals surface area contributed by atoms with Crippen LogP contribution in [-0.4, -0.2) is 35.5 Å². The summed E-state index contributed by atoms with van der Waals surface area (Å²) in [4.78, 5) is 19.3. The van der Waals surface area contributed by atoms with Gasteiger partial charge in [-0.3, -0.25) is 9.69 Å². The van der Waals surface area contributed by atoms with E-state index >= 15 is 0 Å². The molecule has 7 heteroatoms. The number of nitrogens with one attached hydrogen (secondary N) is 1. The normalized spacial score (nSPS) is 15.4. The van der Waals surface area contributed by atoms with Crippen LogP contribution >= 0.6 is 22.9 Å². The molecule has 158 valence electrons. The van der Waals surface area contributed by atoms with Gasteiger partial charge in [0.25, 0.3) is 0 Å². The molecule has 1 fully saturated rings. The minimum Gasteiger partial charge on any atom is -0.491 e. The van der Waals surface area contributed by atoms with E-state index in [1.54, 1.807) is 12.1 Å². The number of carbonyl (C=O) groups is 1. The predicted octanol–water partition coefficient (Wildman–Crippen LogP) is 5.59. The summed E-state index contributed by atoms with van der Waals surface area (Å²) in [7, 11) is 0. The van der Waals surface area contributed by atoms with Crippen molar-refractivity contribution < 1.29 is 9.53 Å². The Bertz CT molecular complexity index is 1010. The monoisotopic (exact) mass is 443 g/mol. The summed E-state index contributed by atoms with van der Waals surface area (Å²) < 4.78 is 6.68. The topological polar surface area (TPSA) is 54.5 Å². The second kappa shape index (κ2) is 9.77. The van der Waals surface area contributed by atoms with Crippen LogP contribution < -0.4 is 10.1 Å². The molecule has 0 unspecified atom stereocenters. The van der Waals surface area contributed by atoms with Crippen molar-refractivity contribution in [3.63, 3.8) is 0 Å². The Kier molecular flexibility index (Phi) is 6.87. The molecule has 1 N–H and O–H groups in total. The van der Waals surface area contributed by atoms with Gasteiger partial charge in [0.15, 0.2) is 5.13 Å². The average Bonchev–Trinajstić information content (AvgIpc) is 3.12. The van der Waals surface area contributed by atoms with Gasteiger partial charge in [0, 0.05) is 6.54 Å². The zero-order chi connectivity index (χ0) is 20.9. The molecule has 0 bridgehead atoms. The van der Waals surface area contributed by atoms with Gasteiger partial charge in [-0.25, -0.2) is 4.98 Å². The number of carbonyl (C=O) groups excluding carboxylic acids is 1. The molecule has 0 radical (unpaired) electrons. The van der Waals surface area contributed by atoms with Crippen LogP contribution in [0.2, 0.25) is 5.02 Å². The molecule has 1 aliphatic heterocycles. The Morgan fingerprint density at radius 3 is 2.87 bits per heavy atom. The van der Waals surface area contributed by atoms with Gasteiger partial charge in [-0.15, -0.1) is 0 Å². The zero-order valence-electron chi connectivity index (χ0n) is 17.1. The van der Waals surface area contributed by atoms with E-state index in [9.17, 15) is 4.79 Å². The van der Waals surface area contributed by atoms with E-state index in [0.717, 1.165) is 22.7 Å². The fourth-order valence-electron chi connectivity index (χ4n) is 3.60. The van der Waals surface area contributed by atoms with Crippen molar-refractivity contribution in [1.82, 2.24) is 9.88 Å². The Morgan fingerprint density at radius 2 is 2.07 bits per heavy atom. The minimum absolute atomic E-state index is 0.122. The summed E-state index contributed by atoms with van der Waals surface area (Å²) in [5.74, 6) is 1.30. The number of rotatable bonds is 7. The van der Waals surface area contributed by atoms with Crippen molar-refractivity contribution in [2.24, 2.45) is 5.92 Å². The number of halogens is 1. The molecule has 4 rings (SSSR count). The molecule has 3 aromatic rings. The lowest BCUT2D eigenvalue weighted by Crippen LogP contribution is -2.32. The highest BCUT2D eigenvalue weighted by molar-refractivity contribution is 7.22. The molecule has 2 heterocycles. The summed E-state index contributed by atoms with van der Waals surface area (Å²) in [6, 6.07) is 13.6. The first-order valence-corrected chi connectivity index (χ1v) is 11.6. The second-order valence-electron chi connectivity index (χ2n) is 7.86. The summed E-state index contributed by atoms with van der Waals surface area (Å²) in [6.45, 7) is 5.90. The molecular weight excluding hydrogens is 418 g/mol. The van der Waals surface area contributed by atoms with E-state index < -0.39 is 0 Å². The lowest BCUT2D eigenvalue weighted by atomic mass is 9.99. The molecule has 5 nitrogen and oxygen atoms in total. The molecule has 0 atom stereocenters. The van der Waals surface area contributed by atoms with Crippen molar-refractivity contribution in [2.45, 2.75) is 32.7 Å². The molecule has 1 saturated heterocycles. The lowest BCUT2D eigenvalue weighted by molar-refractivity contribution is -0.116. The van der Waals surface area contributed by atoms with E-state index in [4.69, 9.17) is 16.3 Å². The third-order valence-electron chi connectivity index (χ3n) is 5.40. The van der Waals surface area contributed by atoms with E-state index in [-0.39, 0.29) is 18.9 Å². The van der Waals surface area contributed by atoms with E-state index in [1.165, 1.54) is 42.8 Å². The second-order valence-corrected chi connectivity index (χ2v) is 9.29. The minimum atomic E-state index is -0.122. The summed E-state index contributed by atoms with van der Waals surface area (Å²) in [5, 5.41) is 4.05. The van der Waals surface area contributed by atoms with Crippen molar-refractivity contribution in [2.75, 3.05) is 25.0 Å². The maximum Gasteiger partial charge on any atom is 0.229 e. The van der Waals surface area contributed by atoms with Crippen LogP contribution in [0.15, 0.2) is 42.5 Å². The van der Waals surface area contributed by atoms with Gasteiger partial charge in [-0.05, 0) is 61.7 Å². The number of nitrogens with zero attached hydrogens (tertiary/aromatic N) is 2. The maximum absolute atomic E-state index is 12.3. The number of hydrogen-bond acceptors (Lipinski definition) is 5. The van der Waals surface area contributed by atoms with Gasteiger partial charge in [0.05, 0.1) is 28.3 Å². The van der Waals surface area contributed by atoms with Gasteiger partial charge < -0.3 is 10.1 Å². The summed E-state index contributed by atoms with van der Waals surface area (Å²) in [6.07, 6.45) is 2.79. The Hall–Kier alpha value is -2.15. The van der Waals surface area contributed by atoms with E-state index in [1.807, 2.05) is 18.2 Å². The van der Waals surface area contributed by atoms with Gasteiger partial charge in [-0.2, -0.15) is 0 Å². The van der Waals surface area contributed by atoms with Crippen LogP contribution in [0.3, 0.4) is 0 Å². The SMILES string of the molecule is CC1CCN(Cc2ccc3nc(NC(=O)CCOc4ccccc4Cl)sc3c2)CC1. The van der Waals surface area contributed by atoms with Crippen LogP contribution in [-0.2, 0) is 11.3 Å². The van der Waals surface area contributed by atoms with Gasteiger partial charge in [-0.1, -0.05) is 48.1 Å². The molecule has 0 spiro atoms. The molecule has 30 heavy (non-hydrogen) atoms. The van der Waals surface area contributed by atoms with Crippen LogP contribution in [0, 0.1) is 5.92 Å². The highest BCUT2D eigenvalue weighted by Gasteiger charge is 2.16. The standard InChI is InChI=1S/C23H26ClN3O2S/c1-16-8-11-27(12-9-16)15-17-6-7-19-21(14-17)30-23(25-19)26-22(28)10-13-29-20-5-3-2-4-18(20)24/h2-7,14,16H,8-13,15H2,1H3,(H,25,26,28). The highest BCUT2D eigenvalue weighted by atomic mass is 35.5. The number of anilines is 1. The predicted molar refractivity (Wildman–Crippen MR) is 123 cm³/mol. The molecule has 1 aliphatic rings. The van der Waals surface area contributed by atoms with E-state index in [2.05, 4.69) is 34.3 Å². The van der Waals surface area contributed by atoms with Crippen molar-refractivity contribution in [1.29, 1.82) is 0 Å². The number of piperidine rings is 1. The Labute approximate surface area is 186 Å². The molecule has 0 saturated carbocycles. The van der Waals surface area contributed by atoms with Crippen LogP contribution in [0.4, 0.5) is 5.13 Å². The molecule has 2 aromatic carbocycles. The summed E-state index contributed by atoms with van der Waals surface area (Å²) >= 11 is 7.57. The highest BCUT2D eigenvalue weighted by Crippen LogP contribution is 2.28. The van der Waals surface area contributed by atoms with Gasteiger partial charge >= 0.3 is 0 Å². The smallest absolute Gasteiger partial charge is 0.229 e. The largest absolute Gasteiger partial charge is 0.491 e. The molecular formula is C23H26ClN3O2S. The number of aromatic nitrogens is 1. The Morgan fingerprint density at radius 1 is 1.27 bits per heavy atom. The third kappa shape index (κ3) is 5.50. The number of benzene rings is 2. The van der Waals surface area contributed by atoms with Crippen LogP contribution in [0.1, 0.15) is 31.7 Å². The van der Waals surface area contributed by atoms with Crippen LogP contribution in [0.5, 0.6) is 5.75 Å². The van der Waals surface area contributed by atoms with E-state index in [0.29, 0.717) is 15.9 Å². The van der Waals surface area contributed by atoms with Gasteiger partial charge in [0.2, 0.25) is 5.91 Å². The summed E-state index contributed by atoms with van der Waals surface area (Å²) in [5.41, 5.74) is 2.21. The van der Waals surface area contributed by atoms with Crippen molar-refractivity contribution >= 4 is 44.2 Å². The Balaban J connectivity index is 1.31. The fraction of sp³-hybridized carbons (Fsp3) is 0.391. The van der Waals surface area contributed by atoms with Crippen LogP contribution in [0.25, 0.3) is 10.2 Å². The number of para-hydroxylation sites is 1. The third-order valence-corrected chi connectivity index (χ3v) is 6.65. The molecule has 1 aromatic heterocycles. The van der Waals surface area contributed by atoms with Crippen molar-refractivity contribution in [3.05, 3.63) is 53.1 Å². The fourth-order valence-corrected chi connectivity index (χ4v) is 4.73. The molecule has 0 aliphatic carbocycles. The molecule has 1 amide bonds. The number of likely N-dealkylation sites (tertiary alicyclic amines) is 1. The number of hydrogen-bond donors (Lipinski definition) is 1. The number of fused-ring (bicyclic) bond motifs is 1. The van der Waals surface area contributed by atoms with Gasteiger partial charge in [0.1, 0.15) is 5.75 Å².